The molecule has 0 aliphatic heterocycles. The first-order chi connectivity index (χ1) is 10.2. The summed E-state index contributed by atoms with van der Waals surface area (Å²) in [6, 6.07) is 15.8. The summed E-state index contributed by atoms with van der Waals surface area (Å²) in [5.41, 5.74) is 3.28. The number of ether oxygens (including phenoxy) is 1. The molecule has 3 nitrogen and oxygen atoms in total. The quantitative estimate of drug-likeness (QED) is 0.883. The highest BCUT2D eigenvalue weighted by molar-refractivity contribution is 5.78. The fourth-order valence-corrected chi connectivity index (χ4v) is 2.14. The van der Waals surface area contributed by atoms with Gasteiger partial charge in [-0.05, 0) is 37.1 Å². The Morgan fingerprint density at radius 3 is 2.52 bits per heavy atom. The summed E-state index contributed by atoms with van der Waals surface area (Å²) in [5.74, 6) is 0.891. The van der Waals surface area contributed by atoms with E-state index in [0.717, 1.165) is 16.9 Å². The number of hydrogen-bond acceptors (Lipinski definition) is 2. The van der Waals surface area contributed by atoms with Gasteiger partial charge in [0, 0.05) is 6.54 Å². The predicted molar refractivity (Wildman–Crippen MR) is 84.3 cm³/mol. The van der Waals surface area contributed by atoms with Crippen molar-refractivity contribution in [1.29, 1.82) is 0 Å². The average Bonchev–Trinajstić information content (AvgIpc) is 2.47. The summed E-state index contributed by atoms with van der Waals surface area (Å²) >= 11 is 0. The Hall–Kier alpha value is -2.29. The number of aryl methyl sites for hydroxylation is 1. The Kier molecular flexibility index (Phi) is 5.38. The molecule has 110 valence electrons. The van der Waals surface area contributed by atoms with Crippen molar-refractivity contribution >= 4 is 5.91 Å². The second kappa shape index (κ2) is 7.48. The Bertz CT molecular complexity index is 590. The Labute approximate surface area is 126 Å². The van der Waals surface area contributed by atoms with Crippen LogP contribution < -0.4 is 10.1 Å². The molecule has 0 saturated heterocycles. The highest BCUT2D eigenvalue weighted by atomic mass is 16.5. The third kappa shape index (κ3) is 4.95. The van der Waals surface area contributed by atoms with Crippen LogP contribution in [0.5, 0.6) is 5.75 Å². The van der Waals surface area contributed by atoms with Gasteiger partial charge in [-0.1, -0.05) is 42.0 Å². The molecule has 0 fully saturated rings. The van der Waals surface area contributed by atoms with Crippen molar-refractivity contribution in [3.05, 3.63) is 65.2 Å². The molecule has 0 radical (unpaired) electrons. The van der Waals surface area contributed by atoms with E-state index in [1.807, 2.05) is 62.4 Å². The van der Waals surface area contributed by atoms with E-state index in [2.05, 4.69) is 5.32 Å². The summed E-state index contributed by atoms with van der Waals surface area (Å²) < 4.78 is 5.39. The second-order valence-corrected chi connectivity index (χ2v) is 5.02. The Morgan fingerprint density at radius 2 is 1.86 bits per heavy atom. The van der Waals surface area contributed by atoms with Gasteiger partial charge in [0.25, 0.3) is 0 Å². The third-order valence-electron chi connectivity index (χ3n) is 3.17. The predicted octanol–water partition coefficient (Wildman–Crippen LogP) is 3.25. The molecule has 2 rings (SSSR count). The molecule has 0 heterocycles. The van der Waals surface area contributed by atoms with Gasteiger partial charge in [-0.25, -0.2) is 0 Å². The standard InChI is InChI=1S/C18H21NO2/c1-3-21-17-9-7-15(8-10-17)13-19-18(20)12-16-6-4-5-14(2)11-16/h4-11H,3,12-13H2,1-2H3,(H,19,20). The number of rotatable bonds is 6. The van der Waals surface area contributed by atoms with E-state index in [9.17, 15) is 4.79 Å². The molecule has 0 atom stereocenters. The minimum atomic E-state index is 0.0366. The van der Waals surface area contributed by atoms with Gasteiger partial charge in [-0.3, -0.25) is 4.79 Å². The van der Waals surface area contributed by atoms with Crippen LogP contribution in [0.2, 0.25) is 0 Å². The SMILES string of the molecule is CCOc1ccc(CNC(=O)Cc2cccc(C)c2)cc1. The summed E-state index contributed by atoms with van der Waals surface area (Å²) in [7, 11) is 0. The molecule has 0 unspecified atom stereocenters. The van der Waals surface area contributed by atoms with Crippen molar-refractivity contribution in [3.63, 3.8) is 0 Å². The molecule has 2 aromatic carbocycles. The van der Waals surface area contributed by atoms with Crippen LogP contribution in [0.1, 0.15) is 23.6 Å². The van der Waals surface area contributed by atoms with Crippen molar-refractivity contribution in [2.24, 2.45) is 0 Å². The van der Waals surface area contributed by atoms with E-state index in [-0.39, 0.29) is 5.91 Å². The number of carbonyl (C=O) groups excluding carboxylic acids is 1. The topological polar surface area (TPSA) is 38.3 Å². The summed E-state index contributed by atoms with van der Waals surface area (Å²) in [6.07, 6.45) is 0.415. The van der Waals surface area contributed by atoms with Crippen molar-refractivity contribution in [2.75, 3.05) is 6.61 Å². The van der Waals surface area contributed by atoms with Crippen LogP contribution in [0.3, 0.4) is 0 Å². The van der Waals surface area contributed by atoms with Gasteiger partial charge < -0.3 is 10.1 Å². The fourth-order valence-electron chi connectivity index (χ4n) is 2.14. The van der Waals surface area contributed by atoms with E-state index >= 15 is 0 Å². The van der Waals surface area contributed by atoms with Crippen LogP contribution in [-0.2, 0) is 17.8 Å². The zero-order chi connectivity index (χ0) is 15.1. The molecule has 0 aliphatic rings. The zero-order valence-corrected chi connectivity index (χ0v) is 12.6. The van der Waals surface area contributed by atoms with Crippen LogP contribution >= 0.6 is 0 Å². The molecule has 2 aromatic rings. The van der Waals surface area contributed by atoms with Crippen LogP contribution in [0, 0.1) is 6.92 Å². The van der Waals surface area contributed by atoms with Crippen LogP contribution in [-0.4, -0.2) is 12.5 Å². The van der Waals surface area contributed by atoms with Crippen LogP contribution in [0.15, 0.2) is 48.5 Å². The molecule has 0 saturated carbocycles. The summed E-state index contributed by atoms with van der Waals surface area (Å²) in [4.78, 5) is 11.9. The molecule has 1 amide bonds. The molecule has 0 aliphatic carbocycles. The molecule has 21 heavy (non-hydrogen) atoms. The van der Waals surface area contributed by atoms with E-state index < -0.39 is 0 Å². The first kappa shape index (κ1) is 15.1. The number of amides is 1. The lowest BCUT2D eigenvalue weighted by molar-refractivity contribution is -0.120. The van der Waals surface area contributed by atoms with E-state index in [4.69, 9.17) is 4.74 Å². The van der Waals surface area contributed by atoms with Crippen molar-refractivity contribution < 1.29 is 9.53 Å². The van der Waals surface area contributed by atoms with Crippen molar-refractivity contribution in [2.45, 2.75) is 26.8 Å². The Balaban J connectivity index is 1.83. The van der Waals surface area contributed by atoms with Gasteiger partial charge >= 0.3 is 0 Å². The first-order valence-electron chi connectivity index (χ1n) is 7.21. The molecule has 0 bridgehead atoms. The molecule has 1 N–H and O–H groups in total. The smallest absolute Gasteiger partial charge is 0.224 e. The minimum Gasteiger partial charge on any atom is -0.494 e. The number of benzene rings is 2. The van der Waals surface area contributed by atoms with Crippen LogP contribution in [0.4, 0.5) is 0 Å². The number of hydrogen-bond donors (Lipinski definition) is 1. The lowest BCUT2D eigenvalue weighted by Gasteiger charge is -2.07. The van der Waals surface area contributed by atoms with E-state index in [1.54, 1.807) is 0 Å². The monoisotopic (exact) mass is 283 g/mol. The van der Waals surface area contributed by atoms with E-state index in [1.165, 1.54) is 5.56 Å². The maximum absolute atomic E-state index is 11.9. The Morgan fingerprint density at radius 1 is 1.10 bits per heavy atom. The largest absolute Gasteiger partial charge is 0.494 e. The molecular weight excluding hydrogens is 262 g/mol. The number of carbonyl (C=O) groups is 1. The van der Waals surface area contributed by atoms with Gasteiger partial charge in [0.1, 0.15) is 5.75 Å². The fraction of sp³-hybridized carbons (Fsp3) is 0.278. The van der Waals surface area contributed by atoms with Crippen LogP contribution in [0.25, 0.3) is 0 Å². The summed E-state index contributed by atoms with van der Waals surface area (Å²) in [5, 5.41) is 2.94. The lowest BCUT2D eigenvalue weighted by atomic mass is 10.1. The molecule has 3 heteroatoms. The highest BCUT2D eigenvalue weighted by Gasteiger charge is 2.03. The third-order valence-corrected chi connectivity index (χ3v) is 3.17. The second-order valence-electron chi connectivity index (χ2n) is 5.02. The molecule has 0 spiro atoms. The first-order valence-corrected chi connectivity index (χ1v) is 7.21. The van der Waals surface area contributed by atoms with Gasteiger partial charge in [-0.2, -0.15) is 0 Å². The average molecular weight is 283 g/mol. The maximum Gasteiger partial charge on any atom is 0.224 e. The lowest BCUT2D eigenvalue weighted by Crippen LogP contribution is -2.24. The van der Waals surface area contributed by atoms with Gasteiger partial charge in [0.05, 0.1) is 13.0 Å². The minimum absolute atomic E-state index is 0.0366. The normalized spacial score (nSPS) is 10.2. The van der Waals surface area contributed by atoms with Crippen molar-refractivity contribution in [1.82, 2.24) is 5.32 Å². The molecule has 0 aromatic heterocycles. The van der Waals surface area contributed by atoms with Gasteiger partial charge in [-0.15, -0.1) is 0 Å². The van der Waals surface area contributed by atoms with E-state index in [0.29, 0.717) is 19.6 Å². The van der Waals surface area contributed by atoms with Crippen molar-refractivity contribution in [3.8, 4) is 5.75 Å². The van der Waals surface area contributed by atoms with Gasteiger partial charge in [0.15, 0.2) is 0 Å². The van der Waals surface area contributed by atoms with Gasteiger partial charge in [0.2, 0.25) is 5.91 Å². The highest BCUT2D eigenvalue weighted by Crippen LogP contribution is 2.12. The zero-order valence-electron chi connectivity index (χ0n) is 12.6. The number of nitrogens with one attached hydrogen (secondary N) is 1. The maximum atomic E-state index is 11.9. The molecular formula is C18H21NO2. The summed E-state index contributed by atoms with van der Waals surface area (Å²) in [6.45, 7) is 5.18.